The number of rotatable bonds is 0. The fraction of sp³-hybridized carbons (Fsp3) is 0.385. The monoisotopic (exact) mass is 215 g/mol. The molecule has 2 aliphatic rings. The molecule has 1 aromatic carbocycles. The summed E-state index contributed by atoms with van der Waals surface area (Å²) in [6.45, 7) is 5.89. The second-order valence-electron chi connectivity index (χ2n) is 4.88. The molecule has 4 N–H and O–H groups in total. The van der Waals surface area contributed by atoms with Gasteiger partial charge in [-0.2, -0.15) is 0 Å². The molecular weight excluding hydrogens is 198 g/mol. The van der Waals surface area contributed by atoms with E-state index in [9.17, 15) is 0 Å². The molecule has 2 atom stereocenters. The lowest BCUT2D eigenvalue weighted by molar-refractivity contribution is 0.350. The number of hydrogen-bond acceptors (Lipinski definition) is 3. The molecule has 1 fully saturated rings. The van der Waals surface area contributed by atoms with Crippen LogP contribution in [0.5, 0.6) is 0 Å². The van der Waals surface area contributed by atoms with Crippen molar-refractivity contribution in [2.24, 2.45) is 5.73 Å². The lowest BCUT2D eigenvalue weighted by atomic mass is 9.82. The molecule has 16 heavy (non-hydrogen) atoms. The van der Waals surface area contributed by atoms with E-state index in [1.165, 1.54) is 16.8 Å². The van der Waals surface area contributed by atoms with Crippen LogP contribution >= 0.6 is 0 Å². The van der Waals surface area contributed by atoms with E-state index in [0.717, 1.165) is 19.5 Å². The van der Waals surface area contributed by atoms with Gasteiger partial charge in [0.15, 0.2) is 0 Å². The molecule has 2 aliphatic heterocycles. The molecule has 1 aromatic rings. The number of piperidine rings is 1. The lowest BCUT2D eigenvalue weighted by Gasteiger charge is -2.39. The first-order chi connectivity index (χ1) is 7.71. The van der Waals surface area contributed by atoms with Crippen LogP contribution in [0.3, 0.4) is 0 Å². The van der Waals surface area contributed by atoms with E-state index in [-0.39, 0.29) is 11.6 Å². The van der Waals surface area contributed by atoms with Crippen LogP contribution in [0.2, 0.25) is 0 Å². The maximum Gasteiger partial charge on any atom is 0.0727 e. The number of nitrogens with two attached hydrogens (primary N) is 1. The zero-order valence-corrected chi connectivity index (χ0v) is 9.29. The number of anilines is 1. The van der Waals surface area contributed by atoms with Crippen molar-refractivity contribution < 1.29 is 0 Å². The zero-order valence-electron chi connectivity index (χ0n) is 9.29. The van der Waals surface area contributed by atoms with Gasteiger partial charge in [0.05, 0.1) is 11.6 Å². The maximum atomic E-state index is 6.37. The minimum atomic E-state index is -0.0704. The van der Waals surface area contributed by atoms with Crippen molar-refractivity contribution in [2.45, 2.75) is 18.0 Å². The predicted molar refractivity (Wildman–Crippen MR) is 66.4 cm³/mol. The van der Waals surface area contributed by atoms with E-state index in [1.54, 1.807) is 0 Å². The highest BCUT2D eigenvalue weighted by molar-refractivity contribution is 5.62. The molecule has 1 saturated heterocycles. The molecule has 3 rings (SSSR count). The standard InChI is InChI=1S/C13H17N3/c1-9-6-13(8-15-7-9)12(14)10-4-2-3-5-11(10)16-13/h2-5,12,15-16H,1,6-8,14H2. The molecule has 0 radical (unpaired) electrons. The van der Waals surface area contributed by atoms with Crippen LogP contribution in [0.25, 0.3) is 0 Å². The molecule has 0 aromatic heterocycles. The highest BCUT2D eigenvalue weighted by Gasteiger charge is 2.45. The first kappa shape index (κ1) is 9.87. The van der Waals surface area contributed by atoms with E-state index < -0.39 is 0 Å². The van der Waals surface area contributed by atoms with Gasteiger partial charge in [0.2, 0.25) is 0 Å². The fourth-order valence-corrected chi connectivity index (χ4v) is 2.87. The maximum absolute atomic E-state index is 6.37. The molecule has 3 nitrogen and oxygen atoms in total. The SMILES string of the molecule is C=C1CNCC2(C1)Nc1ccccc1C2N. The predicted octanol–water partition coefficient (Wildman–Crippen LogP) is 1.40. The number of hydrogen-bond donors (Lipinski definition) is 3. The summed E-state index contributed by atoms with van der Waals surface area (Å²) < 4.78 is 0. The van der Waals surface area contributed by atoms with E-state index in [4.69, 9.17) is 5.73 Å². The Balaban J connectivity index is 1.99. The van der Waals surface area contributed by atoms with Gasteiger partial charge in [0.25, 0.3) is 0 Å². The van der Waals surface area contributed by atoms with Crippen molar-refractivity contribution in [3.8, 4) is 0 Å². The number of fused-ring (bicyclic) bond motifs is 1. The quantitative estimate of drug-likeness (QED) is 0.573. The Morgan fingerprint density at radius 3 is 2.94 bits per heavy atom. The largest absolute Gasteiger partial charge is 0.376 e. The molecule has 2 unspecified atom stereocenters. The molecule has 0 saturated carbocycles. The Kier molecular flexibility index (Phi) is 2.06. The smallest absolute Gasteiger partial charge is 0.0727 e. The molecule has 0 amide bonds. The number of benzene rings is 1. The van der Waals surface area contributed by atoms with Gasteiger partial charge in [-0.3, -0.25) is 0 Å². The normalized spacial score (nSPS) is 32.6. The second kappa shape index (κ2) is 3.34. The lowest BCUT2D eigenvalue weighted by Crippen LogP contribution is -2.55. The Morgan fingerprint density at radius 1 is 1.38 bits per heavy atom. The van der Waals surface area contributed by atoms with Crippen molar-refractivity contribution in [3.05, 3.63) is 42.0 Å². The van der Waals surface area contributed by atoms with Gasteiger partial charge in [-0.15, -0.1) is 0 Å². The average molecular weight is 215 g/mol. The van der Waals surface area contributed by atoms with E-state index in [1.807, 2.05) is 12.1 Å². The Morgan fingerprint density at radius 2 is 2.19 bits per heavy atom. The Labute approximate surface area is 95.7 Å². The average Bonchev–Trinajstić information content (AvgIpc) is 2.53. The second-order valence-corrected chi connectivity index (χ2v) is 4.88. The van der Waals surface area contributed by atoms with Crippen molar-refractivity contribution in [2.75, 3.05) is 18.4 Å². The van der Waals surface area contributed by atoms with Crippen LogP contribution in [0.15, 0.2) is 36.4 Å². The van der Waals surface area contributed by atoms with Gasteiger partial charge >= 0.3 is 0 Å². The third-order valence-corrected chi connectivity index (χ3v) is 3.66. The summed E-state index contributed by atoms with van der Waals surface area (Å²) in [5.74, 6) is 0. The van der Waals surface area contributed by atoms with Crippen molar-refractivity contribution in [1.29, 1.82) is 0 Å². The van der Waals surface area contributed by atoms with Crippen LogP contribution in [0, 0.1) is 0 Å². The van der Waals surface area contributed by atoms with Gasteiger partial charge in [0, 0.05) is 18.8 Å². The van der Waals surface area contributed by atoms with Gasteiger partial charge in [-0.25, -0.2) is 0 Å². The molecule has 0 aliphatic carbocycles. The molecule has 84 valence electrons. The first-order valence-electron chi connectivity index (χ1n) is 5.71. The third-order valence-electron chi connectivity index (χ3n) is 3.66. The minimum absolute atomic E-state index is 0.0493. The summed E-state index contributed by atoms with van der Waals surface area (Å²) in [6.07, 6.45) is 0.954. The Bertz CT molecular complexity index is 441. The van der Waals surface area contributed by atoms with Crippen molar-refractivity contribution in [3.63, 3.8) is 0 Å². The van der Waals surface area contributed by atoms with E-state index >= 15 is 0 Å². The summed E-state index contributed by atoms with van der Waals surface area (Å²) in [4.78, 5) is 0. The van der Waals surface area contributed by atoms with Crippen molar-refractivity contribution in [1.82, 2.24) is 5.32 Å². The first-order valence-corrected chi connectivity index (χ1v) is 5.71. The molecular formula is C13H17N3. The molecule has 3 heteroatoms. The van der Waals surface area contributed by atoms with E-state index in [0.29, 0.717) is 0 Å². The third kappa shape index (κ3) is 1.29. The van der Waals surface area contributed by atoms with Crippen LogP contribution in [-0.2, 0) is 0 Å². The summed E-state index contributed by atoms with van der Waals surface area (Å²) in [7, 11) is 0. The number of nitrogens with one attached hydrogen (secondary N) is 2. The van der Waals surface area contributed by atoms with Gasteiger partial charge in [-0.05, 0) is 18.1 Å². The molecule has 1 spiro atoms. The minimum Gasteiger partial charge on any atom is -0.376 e. The Hall–Kier alpha value is -1.32. The molecule has 0 bridgehead atoms. The van der Waals surface area contributed by atoms with Crippen LogP contribution in [0.1, 0.15) is 18.0 Å². The fourth-order valence-electron chi connectivity index (χ4n) is 2.87. The zero-order chi connectivity index (χ0) is 11.2. The topological polar surface area (TPSA) is 50.1 Å². The van der Waals surface area contributed by atoms with Gasteiger partial charge < -0.3 is 16.4 Å². The summed E-state index contributed by atoms with van der Waals surface area (Å²) >= 11 is 0. The van der Waals surface area contributed by atoms with Crippen LogP contribution in [-0.4, -0.2) is 18.6 Å². The molecule has 2 heterocycles. The summed E-state index contributed by atoms with van der Waals surface area (Å²) in [5.41, 5.74) is 9.92. The van der Waals surface area contributed by atoms with Crippen molar-refractivity contribution >= 4 is 5.69 Å². The summed E-state index contributed by atoms with van der Waals surface area (Å²) in [5, 5.41) is 6.97. The van der Waals surface area contributed by atoms with Crippen LogP contribution in [0.4, 0.5) is 5.69 Å². The van der Waals surface area contributed by atoms with E-state index in [2.05, 4.69) is 29.3 Å². The van der Waals surface area contributed by atoms with Gasteiger partial charge in [-0.1, -0.05) is 30.4 Å². The number of para-hydroxylation sites is 1. The highest BCUT2D eigenvalue weighted by Crippen LogP contribution is 2.43. The summed E-state index contributed by atoms with van der Waals surface area (Å²) in [6, 6.07) is 8.35. The van der Waals surface area contributed by atoms with Crippen LogP contribution < -0.4 is 16.4 Å². The highest BCUT2D eigenvalue weighted by atomic mass is 15.1. The van der Waals surface area contributed by atoms with Gasteiger partial charge in [0.1, 0.15) is 0 Å².